The van der Waals surface area contributed by atoms with E-state index in [1.54, 1.807) is 29.7 Å². The zero-order valence-corrected chi connectivity index (χ0v) is 13.5. The number of nitrogens with zero attached hydrogens (tertiary/aromatic N) is 3. The van der Waals surface area contributed by atoms with Crippen molar-refractivity contribution in [1.82, 2.24) is 15.0 Å². The van der Waals surface area contributed by atoms with E-state index >= 15 is 0 Å². The molecule has 0 saturated carbocycles. The molecule has 0 fully saturated rings. The Labute approximate surface area is 141 Å². The summed E-state index contributed by atoms with van der Waals surface area (Å²) in [5, 5.41) is 4.29. The van der Waals surface area contributed by atoms with Crippen LogP contribution in [0.5, 0.6) is 0 Å². The van der Waals surface area contributed by atoms with E-state index < -0.39 is 0 Å². The number of pyridine rings is 1. The third-order valence-electron chi connectivity index (χ3n) is 3.60. The number of methoxy groups -OCH3 is 1. The Bertz CT molecular complexity index is 1040. The van der Waals surface area contributed by atoms with E-state index in [2.05, 4.69) is 20.3 Å². The van der Waals surface area contributed by atoms with E-state index in [9.17, 15) is 4.79 Å². The summed E-state index contributed by atoms with van der Waals surface area (Å²) < 4.78 is 5.65. The summed E-state index contributed by atoms with van der Waals surface area (Å²) in [5.74, 6) is 0.357. The van der Waals surface area contributed by atoms with Gasteiger partial charge in [0, 0.05) is 17.3 Å². The van der Waals surface area contributed by atoms with E-state index in [0.717, 1.165) is 26.1 Å². The van der Waals surface area contributed by atoms with Crippen molar-refractivity contribution in [2.24, 2.45) is 0 Å². The quantitative estimate of drug-likeness (QED) is 0.574. The predicted molar refractivity (Wildman–Crippen MR) is 93.8 cm³/mol. The molecule has 1 N–H and O–H groups in total. The number of thiophene rings is 1. The van der Waals surface area contributed by atoms with Gasteiger partial charge in [0.05, 0.1) is 22.9 Å². The lowest BCUT2D eigenvalue weighted by Crippen LogP contribution is -2.01. The van der Waals surface area contributed by atoms with Crippen LogP contribution in [-0.4, -0.2) is 28.0 Å². The van der Waals surface area contributed by atoms with Gasteiger partial charge in [0.25, 0.3) is 0 Å². The minimum atomic E-state index is -0.360. The molecule has 4 rings (SSSR count). The van der Waals surface area contributed by atoms with Crippen LogP contribution in [0.3, 0.4) is 0 Å². The molecule has 0 aliphatic heterocycles. The Kier molecular flexibility index (Phi) is 3.55. The molecular weight excluding hydrogens is 324 g/mol. The Morgan fingerprint density at radius 2 is 1.96 bits per heavy atom. The average Bonchev–Trinajstić information content (AvgIpc) is 3.02. The number of fused-ring (bicyclic) bond motifs is 3. The van der Waals surface area contributed by atoms with Gasteiger partial charge in [-0.1, -0.05) is 0 Å². The first-order valence-electron chi connectivity index (χ1n) is 7.20. The number of nitrogens with one attached hydrogen (secondary N) is 1. The maximum atomic E-state index is 11.5. The van der Waals surface area contributed by atoms with Gasteiger partial charge in [-0.3, -0.25) is 0 Å². The summed E-state index contributed by atoms with van der Waals surface area (Å²) in [4.78, 5) is 25.5. The van der Waals surface area contributed by atoms with Crippen molar-refractivity contribution in [3.05, 3.63) is 54.5 Å². The van der Waals surface area contributed by atoms with Gasteiger partial charge in [0.2, 0.25) is 0 Å². The second kappa shape index (κ2) is 5.86. The molecule has 3 heterocycles. The Balaban J connectivity index is 1.73. The molecule has 0 radical (unpaired) electrons. The Hall–Kier alpha value is -3.06. The van der Waals surface area contributed by atoms with Crippen molar-refractivity contribution in [3.63, 3.8) is 0 Å². The lowest BCUT2D eigenvalue weighted by atomic mass is 10.2. The highest BCUT2D eigenvalue weighted by atomic mass is 32.1. The molecule has 0 saturated heterocycles. The Morgan fingerprint density at radius 3 is 2.75 bits per heavy atom. The highest BCUT2D eigenvalue weighted by molar-refractivity contribution is 7.25. The molecule has 3 aromatic heterocycles. The number of hydrogen-bond acceptors (Lipinski definition) is 7. The van der Waals surface area contributed by atoms with Crippen LogP contribution in [0.15, 0.2) is 48.9 Å². The molecule has 0 aliphatic rings. The first-order valence-corrected chi connectivity index (χ1v) is 8.01. The zero-order valence-electron chi connectivity index (χ0n) is 12.7. The van der Waals surface area contributed by atoms with E-state index in [4.69, 9.17) is 4.74 Å². The molecule has 4 aromatic rings. The summed E-state index contributed by atoms with van der Waals surface area (Å²) >= 11 is 1.55. The van der Waals surface area contributed by atoms with E-state index in [1.807, 2.05) is 24.3 Å². The molecule has 0 unspecified atom stereocenters. The lowest BCUT2D eigenvalue weighted by Gasteiger charge is -2.07. The van der Waals surface area contributed by atoms with Crippen LogP contribution in [0.25, 0.3) is 20.4 Å². The van der Waals surface area contributed by atoms with Gasteiger partial charge in [-0.05, 0) is 36.4 Å². The fourth-order valence-electron chi connectivity index (χ4n) is 2.44. The molecule has 24 heavy (non-hydrogen) atoms. The molecule has 0 amide bonds. The van der Waals surface area contributed by atoms with Crippen LogP contribution in [0, 0.1) is 0 Å². The van der Waals surface area contributed by atoms with Gasteiger partial charge < -0.3 is 10.1 Å². The molecule has 7 heteroatoms. The molecule has 6 nitrogen and oxygen atoms in total. The number of anilines is 2. The standard InChI is InChI=1S/C17H12N4O2S/c1-23-17(22)10-4-6-11(7-5-10)21-15-14-13(19-9-20-15)12-3-2-8-18-16(12)24-14/h2-9H,1H3,(H,19,20,21). The van der Waals surface area contributed by atoms with Crippen LogP contribution >= 0.6 is 11.3 Å². The maximum Gasteiger partial charge on any atom is 0.337 e. The van der Waals surface area contributed by atoms with E-state index in [-0.39, 0.29) is 5.97 Å². The normalized spacial score (nSPS) is 10.9. The highest BCUT2D eigenvalue weighted by Gasteiger charge is 2.12. The summed E-state index contributed by atoms with van der Waals surface area (Å²) in [6, 6.07) is 10.9. The molecule has 1 aromatic carbocycles. The second-order valence-corrected chi connectivity index (χ2v) is 6.05. The summed E-state index contributed by atoms with van der Waals surface area (Å²) in [6.45, 7) is 0. The number of aromatic nitrogens is 3. The molecule has 0 bridgehead atoms. The first-order chi connectivity index (χ1) is 11.8. The van der Waals surface area contributed by atoms with Crippen LogP contribution in [-0.2, 0) is 4.74 Å². The van der Waals surface area contributed by atoms with Gasteiger partial charge >= 0.3 is 5.97 Å². The minimum absolute atomic E-state index is 0.360. The van der Waals surface area contributed by atoms with E-state index in [0.29, 0.717) is 11.4 Å². The smallest absolute Gasteiger partial charge is 0.337 e. The van der Waals surface area contributed by atoms with Crippen LogP contribution in [0.1, 0.15) is 10.4 Å². The second-order valence-electron chi connectivity index (χ2n) is 5.05. The fraction of sp³-hybridized carbons (Fsp3) is 0.0588. The maximum absolute atomic E-state index is 11.5. The number of carbonyl (C=O) groups is 1. The number of hydrogen-bond donors (Lipinski definition) is 1. The summed E-state index contributed by atoms with van der Waals surface area (Å²) in [6.07, 6.45) is 3.30. The zero-order chi connectivity index (χ0) is 16.5. The molecule has 0 aliphatic carbocycles. The molecule has 0 spiro atoms. The molecule has 118 valence electrons. The van der Waals surface area contributed by atoms with Gasteiger partial charge in [-0.2, -0.15) is 0 Å². The largest absolute Gasteiger partial charge is 0.465 e. The van der Waals surface area contributed by atoms with Gasteiger partial charge in [0.1, 0.15) is 11.2 Å². The van der Waals surface area contributed by atoms with Crippen molar-refractivity contribution in [1.29, 1.82) is 0 Å². The number of ether oxygens (including phenoxy) is 1. The van der Waals surface area contributed by atoms with Crippen LogP contribution < -0.4 is 5.32 Å². The monoisotopic (exact) mass is 336 g/mol. The lowest BCUT2D eigenvalue weighted by molar-refractivity contribution is 0.0601. The minimum Gasteiger partial charge on any atom is -0.465 e. The molecular formula is C17H12N4O2S. The summed E-state index contributed by atoms with van der Waals surface area (Å²) in [5.41, 5.74) is 2.21. The summed E-state index contributed by atoms with van der Waals surface area (Å²) in [7, 11) is 1.36. The number of benzene rings is 1. The fourth-order valence-corrected chi connectivity index (χ4v) is 3.49. The predicted octanol–water partition coefficient (Wildman–Crippen LogP) is 3.77. The van der Waals surface area contributed by atoms with Crippen molar-refractivity contribution in [2.75, 3.05) is 12.4 Å². The van der Waals surface area contributed by atoms with Crippen LogP contribution in [0.4, 0.5) is 11.5 Å². The average molecular weight is 336 g/mol. The topological polar surface area (TPSA) is 77.0 Å². The van der Waals surface area contributed by atoms with Crippen molar-refractivity contribution >= 4 is 49.2 Å². The first kappa shape index (κ1) is 14.5. The number of esters is 1. The van der Waals surface area contributed by atoms with Crippen molar-refractivity contribution in [3.8, 4) is 0 Å². The third kappa shape index (κ3) is 2.44. The SMILES string of the molecule is COC(=O)c1ccc(Nc2ncnc3c2sc2ncccc23)cc1. The van der Waals surface area contributed by atoms with Crippen molar-refractivity contribution < 1.29 is 9.53 Å². The third-order valence-corrected chi connectivity index (χ3v) is 4.71. The highest BCUT2D eigenvalue weighted by Crippen LogP contribution is 2.35. The Morgan fingerprint density at radius 1 is 1.12 bits per heavy atom. The van der Waals surface area contributed by atoms with E-state index in [1.165, 1.54) is 13.4 Å². The molecule has 0 atom stereocenters. The number of carbonyl (C=O) groups excluding carboxylic acids is 1. The van der Waals surface area contributed by atoms with Gasteiger partial charge in [0.15, 0.2) is 5.82 Å². The van der Waals surface area contributed by atoms with Gasteiger partial charge in [-0.15, -0.1) is 11.3 Å². The number of rotatable bonds is 3. The van der Waals surface area contributed by atoms with Gasteiger partial charge in [-0.25, -0.2) is 19.7 Å². The van der Waals surface area contributed by atoms with Crippen LogP contribution in [0.2, 0.25) is 0 Å². The van der Waals surface area contributed by atoms with Crippen molar-refractivity contribution in [2.45, 2.75) is 0 Å².